The molecule has 1 aromatic carbocycles. The number of fused-ring (bicyclic) bond motifs is 1. The Labute approximate surface area is 117 Å². The molecular weight excluding hydrogens is 252 g/mol. The molecule has 0 atom stereocenters. The van der Waals surface area contributed by atoms with Crippen molar-refractivity contribution in [3.05, 3.63) is 47.8 Å². The van der Waals surface area contributed by atoms with Crippen molar-refractivity contribution < 1.29 is 4.74 Å². The maximum absolute atomic E-state index is 5.36. The number of H-pyrrole nitrogens is 1. The highest BCUT2D eigenvalue weighted by molar-refractivity contribution is 5.73. The van der Waals surface area contributed by atoms with Crippen LogP contribution in [0.1, 0.15) is 11.4 Å². The standard InChI is InChI=1S/C15H16N4O/c1-16-13-8-7-11-15(18-13)19-14(17-11)9-10-5-3-4-6-12(10)20-2/h3-8H,9H2,1-2H3,(H2,16,17,18,19). The Hall–Kier alpha value is -2.56. The van der Waals surface area contributed by atoms with Crippen LogP contribution in [0, 0.1) is 0 Å². The first-order valence-corrected chi connectivity index (χ1v) is 6.45. The normalized spacial score (nSPS) is 10.7. The monoisotopic (exact) mass is 268 g/mol. The average molecular weight is 268 g/mol. The Morgan fingerprint density at radius 1 is 1.15 bits per heavy atom. The van der Waals surface area contributed by atoms with Gasteiger partial charge in [0.15, 0.2) is 5.65 Å². The quantitative estimate of drug-likeness (QED) is 0.763. The summed E-state index contributed by atoms with van der Waals surface area (Å²) in [6, 6.07) is 11.9. The Kier molecular flexibility index (Phi) is 3.25. The number of hydrogen-bond acceptors (Lipinski definition) is 4. The van der Waals surface area contributed by atoms with Crippen LogP contribution in [-0.2, 0) is 6.42 Å². The first-order chi connectivity index (χ1) is 9.80. The Bertz CT molecular complexity index is 736. The molecule has 0 amide bonds. The molecule has 3 aromatic rings. The molecule has 0 unspecified atom stereocenters. The SMILES string of the molecule is CNc1ccc2[nH]c(Cc3ccccc3OC)nc2n1. The summed E-state index contributed by atoms with van der Waals surface area (Å²) < 4.78 is 5.36. The third-order valence-corrected chi connectivity index (χ3v) is 3.20. The lowest BCUT2D eigenvalue weighted by Gasteiger charge is -2.05. The zero-order valence-electron chi connectivity index (χ0n) is 11.5. The Morgan fingerprint density at radius 3 is 2.80 bits per heavy atom. The highest BCUT2D eigenvalue weighted by Gasteiger charge is 2.08. The van der Waals surface area contributed by atoms with E-state index in [1.165, 1.54) is 0 Å². The molecule has 5 nitrogen and oxygen atoms in total. The lowest BCUT2D eigenvalue weighted by molar-refractivity contribution is 0.410. The number of hydrogen-bond donors (Lipinski definition) is 2. The molecule has 0 radical (unpaired) electrons. The third-order valence-electron chi connectivity index (χ3n) is 3.20. The lowest BCUT2D eigenvalue weighted by atomic mass is 10.1. The molecule has 0 aliphatic carbocycles. The molecule has 2 aromatic heterocycles. The summed E-state index contributed by atoms with van der Waals surface area (Å²) in [5.74, 6) is 2.56. The second-order valence-electron chi connectivity index (χ2n) is 4.49. The third kappa shape index (κ3) is 2.30. The zero-order chi connectivity index (χ0) is 13.9. The van der Waals surface area contributed by atoms with Crippen molar-refractivity contribution in [1.82, 2.24) is 15.0 Å². The van der Waals surface area contributed by atoms with Gasteiger partial charge in [0.05, 0.1) is 12.6 Å². The molecule has 0 saturated heterocycles. The smallest absolute Gasteiger partial charge is 0.179 e. The number of para-hydroxylation sites is 1. The molecule has 0 fully saturated rings. The van der Waals surface area contributed by atoms with Gasteiger partial charge in [-0.3, -0.25) is 0 Å². The van der Waals surface area contributed by atoms with E-state index < -0.39 is 0 Å². The van der Waals surface area contributed by atoms with Crippen LogP contribution in [-0.4, -0.2) is 29.1 Å². The number of benzene rings is 1. The molecule has 3 rings (SSSR count). The van der Waals surface area contributed by atoms with E-state index in [4.69, 9.17) is 4.74 Å². The van der Waals surface area contributed by atoms with E-state index in [0.29, 0.717) is 6.42 Å². The number of methoxy groups -OCH3 is 1. The number of nitrogens with one attached hydrogen (secondary N) is 2. The van der Waals surface area contributed by atoms with Crippen LogP contribution in [0.2, 0.25) is 0 Å². The highest BCUT2D eigenvalue weighted by Crippen LogP contribution is 2.21. The topological polar surface area (TPSA) is 62.8 Å². The van der Waals surface area contributed by atoms with Crippen LogP contribution < -0.4 is 10.1 Å². The van der Waals surface area contributed by atoms with E-state index in [9.17, 15) is 0 Å². The predicted molar refractivity (Wildman–Crippen MR) is 79.2 cm³/mol. The predicted octanol–water partition coefficient (Wildman–Crippen LogP) is 2.60. The first kappa shape index (κ1) is 12.5. The second kappa shape index (κ2) is 5.21. The van der Waals surface area contributed by atoms with Crippen molar-refractivity contribution >= 4 is 17.0 Å². The summed E-state index contributed by atoms with van der Waals surface area (Å²) in [4.78, 5) is 12.2. The van der Waals surface area contributed by atoms with Gasteiger partial charge in [0.1, 0.15) is 17.4 Å². The van der Waals surface area contributed by atoms with Gasteiger partial charge in [-0.15, -0.1) is 0 Å². The lowest BCUT2D eigenvalue weighted by Crippen LogP contribution is -1.95. The molecule has 0 aliphatic heterocycles. The fourth-order valence-electron chi connectivity index (χ4n) is 2.19. The zero-order valence-corrected chi connectivity index (χ0v) is 11.5. The van der Waals surface area contributed by atoms with Crippen LogP contribution in [0.15, 0.2) is 36.4 Å². The number of anilines is 1. The van der Waals surface area contributed by atoms with Crippen molar-refractivity contribution in [3.63, 3.8) is 0 Å². The molecule has 0 saturated carbocycles. The first-order valence-electron chi connectivity index (χ1n) is 6.45. The van der Waals surface area contributed by atoms with Crippen LogP contribution in [0.5, 0.6) is 5.75 Å². The van der Waals surface area contributed by atoms with Crippen LogP contribution in [0.4, 0.5) is 5.82 Å². The number of rotatable bonds is 4. The minimum absolute atomic E-state index is 0.690. The van der Waals surface area contributed by atoms with Gasteiger partial charge in [0.25, 0.3) is 0 Å². The average Bonchev–Trinajstić information content (AvgIpc) is 2.89. The summed E-state index contributed by atoms with van der Waals surface area (Å²) in [5.41, 5.74) is 2.76. The number of nitrogens with zero attached hydrogens (tertiary/aromatic N) is 2. The molecule has 102 valence electrons. The van der Waals surface area contributed by atoms with Gasteiger partial charge in [0, 0.05) is 19.0 Å². The van der Waals surface area contributed by atoms with Gasteiger partial charge in [-0.05, 0) is 18.2 Å². The number of pyridine rings is 1. The van der Waals surface area contributed by atoms with Crippen molar-refractivity contribution in [1.29, 1.82) is 0 Å². The van der Waals surface area contributed by atoms with E-state index in [0.717, 1.165) is 34.1 Å². The largest absolute Gasteiger partial charge is 0.496 e. The van der Waals surface area contributed by atoms with Crippen molar-refractivity contribution in [2.24, 2.45) is 0 Å². The minimum Gasteiger partial charge on any atom is -0.496 e. The van der Waals surface area contributed by atoms with E-state index in [1.54, 1.807) is 7.11 Å². The van der Waals surface area contributed by atoms with Crippen molar-refractivity contribution in [2.45, 2.75) is 6.42 Å². The van der Waals surface area contributed by atoms with E-state index >= 15 is 0 Å². The van der Waals surface area contributed by atoms with Crippen LogP contribution in [0.25, 0.3) is 11.2 Å². The minimum atomic E-state index is 0.690. The summed E-state index contributed by atoms with van der Waals surface area (Å²) >= 11 is 0. The van der Waals surface area contributed by atoms with Crippen molar-refractivity contribution in [3.8, 4) is 5.75 Å². The summed E-state index contributed by atoms with van der Waals surface area (Å²) in [7, 11) is 3.52. The summed E-state index contributed by atoms with van der Waals surface area (Å²) in [6.45, 7) is 0. The number of aromatic amines is 1. The summed E-state index contributed by atoms with van der Waals surface area (Å²) in [5, 5.41) is 3.01. The Morgan fingerprint density at radius 2 is 2.00 bits per heavy atom. The van der Waals surface area contributed by atoms with Crippen LogP contribution >= 0.6 is 0 Å². The van der Waals surface area contributed by atoms with E-state index in [2.05, 4.69) is 20.3 Å². The number of aromatic nitrogens is 3. The maximum Gasteiger partial charge on any atom is 0.179 e. The molecule has 2 N–H and O–H groups in total. The van der Waals surface area contributed by atoms with Gasteiger partial charge < -0.3 is 15.0 Å². The molecule has 0 spiro atoms. The highest BCUT2D eigenvalue weighted by atomic mass is 16.5. The van der Waals surface area contributed by atoms with E-state index in [1.807, 2.05) is 43.4 Å². The van der Waals surface area contributed by atoms with E-state index in [-0.39, 0.29) is 0 Å². The van der Waals surface area contributed by atoms with Crippen LogP contribution in [0.3, 0.4) is 0 Å². The van der Waals surface area contributed by atoms with Crippen molar-refractivity contribution in [2.75, 3.05) is 19.5 Å². The number of ether oxygens (including phenoxy) is 1. The van der Waals surface area contributed by atoms with Gasteiger partial charge in [-0.1, -0.05) is 18.2 Å². The molecule has 2 heterocycles. The molecule has 0 aliphatic rings. The maximum atomic E-state index is 5.36. The summed E-state index contributed by atoms with van der Waals surface area (Å²) in [6.07, 6.45) is 0.690. The fourth-order valence-corrected chi connectivity index (χ4v) is 2.19. The molecular formula is C15H16N4O. The van der Waals surface area contributed by atoms with Gasteiger partial charge in [-0.25, -0.2) is 9.97 Å². The Balaban J connectivity index is 1.94. The van der Waals surface area contributed by atoms with Gasteiger partial charge in [-0.2, -0.15) is 0 Å². The van der Waals surface area contributed by atoms with Gasteiger partial charge in [0.2, 0.25) is 0 Å². The fraction of sp³-hybridized carbons (Fsp3) is 0.200. The number of imidazole rings is 1. The van der Waals surface area contributed by atoms with Gasteiger partial charge >= 0.3 is 0 Å². The molecule has 20 heavy (non-hydrogen) atoms. The second-order valence-corrected chi connectivity index (χ2v) is 4.49. The molecule has 0 bridgehead atoms. The molecule has 5 heteroatoms.